The van der Waals surface area contributed by atoms with Crippen LogP contribution < -0.4 is 23.8 Å². The van der Waals surface area contributed by atoms with Crippen LogP contribution in [0.25, 0.3) is 0 Å². The number of amides is 2. The van der Waals surface area contributed by atoms with Gasteiger partial charge in [-0.15, -0.1) is 0 Å². The third-order valence-corrected chi connectivity index (χ3v) is 8.52. The van der Waals surface area contributed by atoms with Crippen molar-refractivity contribution in [2.75, 3.05) is 38.7 Å². The Balaban J connectivity index is 2.10. The van der Waals surface area contributed by atoms with Crippen LogP contribution in [0.1, 0.15) is 30.5 Å². The highest BCUT2D eigenvalue weighted by atomic mass is 32.2. The number of carbonyl (C=O) groups is 2. The number of nitrogens with one attached hydrogen (secondary N) is 1. The van der Waals surface area contributed by atoms with Gasteiger partial charge in [0.1, 0.15) is 18.3 Å². The summed E-state index contributed by atoms with van der Waals surface area (Å²) < 4.78 is 45.3. The number of likely N-dealkylation sites (N-methyl/N-ethyl adjacent to an activating group) is 1. The Hall–Kier alpha value is -4.25. The third kappa shape index (κ3) is 7.52. The second-order valence-electron chi connectivity index (χ2n) is 9.81. The van der Waals surface area contributed by atoms with Crippen molar-refractivity contribution in [3.05, 3.63) is 77.4 Å². The van der Waals surface area contributed by atoms with Crippen molar-refractivity contribution >= 4 is 27.5 Å². The molecule has 0 unspecified atom stereocenters. The summed E-state index contributed by atoms with van der Waals surface area (Å²) in [4.78, 5) is 28.2. The molecule has 42 heavy (non-hydrogen) atoms. The molecular formula is C31H39N3O7S. The largest absolute Gasteiger partial charge is 0.497 e. The number of methoxy groups -OCH3 is 3. The Morgan fingerprint density at radius 2 is 1.48 bits per heavy atom. The van der Waals surface area contributed by atoms with Gasteiger partial charge in [-0.3, -0.25) is 13.9 Å². The molecular weight excluding hydrogens is 558 g/mol. The van der Waals surface area contributed by atoms with Crippen molar-refractivity contribution in [1.82, 2.24) is 10.2 Å². The minimum atomic E-state index is -4.28. The topological polar surface area (TPSA) is 114 Å². The monoisotopic (exact) mass is 597 g/mol. The van der Waals surface area contributed by atoms with Crippen LogP contribution in [0, 0.1) is 13.8 Å². The fourth-order valence-electron chi connectivity index (χ4n) is 4.56. The number of nitrogens with zero attached hydrogens (tertiary/aromatic N) is 2. The number of hydrogen-bond donors (Lipinski definition) is 1. The van der Waals surface area contributed by atoms with Crippen molar-refractivity contribution in [3.63, 3.8) is 0 Å². The number of anilines is 1. The number of aryl methyl sites for hydroxylation is 2. The van der Waals surface area contributed by atoms with Gasteiger partial charge in [-0.25, -0.2) is 8.42 Å². The predicted octanol–water partition coefficient (Wildman–Crippen LogP) is 4.08. The van der Waals surface area contributed by atoms with Gasteiger partial charge in [0, 0.05) is 19.2 Å². The lowest BCUT2D eigenvalue weighted by Crippen LogP contribution is -2.51. The van der Waals surface area contributed by atoms with Crippen molar-refractivity contribution in [3.8, 4) is 17.2 Å². The molecule has 3 aromatic rings. The molecule has 0 radical (unpaired) electrons. The van der Waals surface area contributed by atoms with E-state index in [0.717, 1.165) is 21.0 Å². The number of hydrogen-bond acceptors (Lipinski definition) is 7. The fraction of sp³-hybridized carbons (Fsp3) is 0.355. The van der Waals surface area contributed by atoms with Crippen molar-refractivity contribution in [2.24, 2.45) is 0 Å². The standard InChI is InChI=1S/C31H39N3O7S/c1-8-32-31(36)23(4)33(19-24-9-11-26(39-5)12-10-24)30(35)20-34(25-16-21(2)15-22(3)17-25)42(37,38)27-13-14-28(40-6)29(18-27)41-7/h9-18,23H,8,19-20H2,1-7H3,(H,32,36)/t23-/m0/s1. The number of sulfonamides is 1. The third-order valence-electron chi connectivity index (χ3n) is 6.75. The minimum absolute atomic E-state index is 0.0782. The molecule has 226 valence electrons. The molecule has 0 aliphatic rings. The lowest BCUT2D eigenvalue weighted by molar-refractivity contribution is -0.139. The lowest BCUT2D eigenvalue weighted by atomic mass is 10.1. The molecule has 0 saturated heterocycles. The minimum Gasteiger partial charge on any atom is -0.497 e. The molecule has 0 aliphatic heterocycles. The average molecular weight is 598 g/mol. The van der Waals surface area contributed by atoms with Crippen LogP contribution in [-0.2, 0) is 26.2 Å². The van der Waals surface area contributed by atoms with E-state index in [2.05, 4.69) is 5.32 Å². The Bertz CT molecular complexity index is 1490. The van der Waals surface area contributed by atoms with Crippen LogP contribution in [0.2, 0.25) is 0 Å². The zero-order valence-electron chi connectivity index (χ0n) is 25.1. The molecule has 3 aromatic carbocycles. The maximum Gasteiger partial charge on any atom is 0.264 e. The number of carbonyl (C=O) groups excluding carboxylic acids is 2. The van der Waals surface area contributed by atoms with Gasteiger partial charge in [0.2, 0.25) is 11.8 Å². The summed E-state index contributed by atoms with van der Waals surface area (Å²) in [6.45, 7) is 7.04. The summed E-state index contributed by atoms with van der Waals surface area (Å²) in [6.07, 6.45) is 0. The quantitative estimate of drug-likeness (QED) is 0.316. The first kappa shape index (κ1) is 32.3. The maximum atomic E-state index is 14.2. The van der Waals surface area contributed by atoms with E-state index in [9.17, 15) is 18.0 Å². The molecule has 0 saturated carbocycles. The predicted molar refractivity (Wildman–Crippen MR) is 162 cm³/mol. The van der Waals surface area contributed by atoms with Crippen LogP contribution in [0.4, 0.5) is 5.69 Å². The van der Waals surface area contributed by atoms with Crippen LogP contribution in [0.3, 0.4) is 0 Å². The van der Waals surface area contributed by atoms with Gasteiger partial charge >= 0.3 is 0 Å². The Kier molecular flexibility index (Phi) is 10.8. The average Bonchev–Trinajstić information content (AvgIpc) is 2.97. The van der Waals surface area contributed by atoms with Gasteiger partial charge in [-0.1, -0.05) is 18.2 Å². The molecule has 10 nitrogen and oxygen atoms in total. The molecule has 0 spiro atoms. The molecule has 1 N–H and O–H groups in total. The smallest absolute Gasteiger partial charge is 0.264 e. The Morgan fingerprint density at radius 1 is 0.857 bits per heavy atom. The zero-order chi connectivity index (χ0) is 31.0. The van der Waals surface area contributed by atoms with Gasteiger partial charge in [-0.05, 0) is 80.8 Å². The first-order valence-corrected chi connectivity index (χ1v) is 14.9. The highest BCUT2D eigenvalue weighted by Gasteiger charge is 2.33. The van der Waals surface area contributed by atoms with E-state index in [0.29, 0.717) is 23.7 Å². The molecule has 3 rings (SSSR count). The molecule has 0 aromatic heterocycles. The Morgan fingerprint density at radius 3 is 2.02 bits per heavy atom. The van der Waals surface area contributed by atoms with Crippen LogP contribution >= 0.6 is 0 Å². The fourth-order valence-corrected chi connectivity index (χ4v) is 5.97. The van der Waals surface area contributed by atoms with Crippen LogP contribution in [0.15, 0.2) is 65.6 Å². The zero-order valence-corrected chi connectivity index (χ0v) is 25.9. The highest BCUT2D eigenvalue weighted by Crippen LogP contribution is 2.33. The maximum absolute atomic E-state index is 14.2. The summed E-state index contributed by atoms with van der Waals surface area (Å²) in [5.41, 5.74) is 2.73. The Labute approximate surface area is 248 Å². The van der Waals surface area contributed by atoms with Gasteiger partial charge in [0.15, 0.2) is 11.5 Å². The highest BCUT2D eigenvalue weighted by molar-refractivity contribution is 7.92. The molecule has 0 fully saturated rings. The van der Waals surface area contributed by atoms with E-state index in [1.807, 2.05) is 19.9 Å². The lowest BCUT2D eigenvalue weighted by Gasteiger charge is -2.32. The van der Waals surface area contributed by atoms with Crippen molar-refractivity contribution in [2.45, 2.75) is 45.2 Å². The molecule has 0 aliphatic carbocycles. The molecule has 11 heteroatoms. The van der Waals surface area contributed by atoms with Crippen molar-refractivity contribution in [1.29, 1.82) is 0 Å². The van der Waals surface area contributed by atoms with E-state index in [1.165, 1.54) is 37.3 Å². The summed E-state index contributed by atoms with van der Waals surface area (Å²) in [5, 5.41) is 2.75. The van der Waals surface area contributed by atoms with Gasteiger partial charge < -0.3 is 24.4 Å². The van der Waals surface area contributed by atoms with E-state index in [-0.39, 0.29) is 23.1 Å². The van der Waals surface area contributed by atoms with Gasteiger partial charge in [-0.2, -0.15) is 0 Å². The second kappa shape index (κ2) is 14.1. The van der Waals surface area contributed by atoms with Crippen LogP contribution in [-0.4, -0.2) is 65.6 Å². The summed E-state index contributed by atoms with van der Waals surface area (Å²) in [5.74, 6) is 0.353. The molecule has 2 amide bonds. The van der Waals surface area contributed by atoms with E-state index < -0.39 is 28.5 Å². The van der Waals surface area contributed by atoms with E-state index in [4.69, 9.17) is 14.2 Å². The second-order valence-corrected chi connectivity index (χ2v) is 11.7. The van der Waals surface area contributed by atoms with Crippen LogP contribution in [0.5, 0.6) is 17.2 Å². The number of rotatable bonds is 13. The van der Waals surface area contributed by atoms with Crippen molar-refractivity contribution < 1.29 is 32.2 Å². The number of ether oxygens (including phenoxy) is 3. The summed E-state index contributed by atoms with van der Waals surface area (Å²) in [7, 11) is 0.153. The SMILES string of the molecule is CCNC(=O)[C@H](C)N(Cc1ccc(OC)cc1)C(=O)CN(c1cc(C)cc(C)c1)S(=O)(=O)c1ccc(OC)c(OC)c1. The molecule has 1 atom stereocenters. The summed E-state index contributed by atoms with van der Waals surface area (Å²) in [6, 6.07) is 15.8. The first-order chi connectivity index (χ1) is 19.9. The normalized spacial score (nSPS) is 11.8. The molecule has 0 heterocycles. The number of benzene rings is 3. The van der Waals surface area contributed by atoms with Gasteiger partial charge in [0.05, 0.1) is 31.9 Å². The van der Waals surface area contributed by atoms with E-state index in [1.54, 1.807) is 57.4 Å². The van der Waals surface area contributed by atoms with Gasteiger partial charge in [0.25, 0.3) is 10.0 Å². The van der Waals surface area contributed by atoms with E-state index >= 15 is 0 Å². The first-order valence-electron chi connectivity index (χ1n) is 13.5. The molecule has 0 bridgehead atoms. The summed E-state index contributed by atoms with van der Waals surface area (Å²) >= 11 is 0.